The molecule has 3 heterocycles. The summed E-state index contributed by atoms with van der Waals surface area (Å²) in [6, 6.07) is 11.4. The minimum absolute atomic E-state index is 0.172. The summed E-state index contributed by atoms with van der Waals surface area (Å²) in [5, 5.41) is 8.95. The first-order valence-corrected chi connectivity index (χ1v) is 9.15. The number of nitrogens with two attached hydrogens (primary N) is 1. The SMILES string of the molecule is CC(NC(=O)c1cc(-c2ccc3nc(N)nn3c2)cs1)c1ccc(F)cc1. The maximum Gasteiger partial charge on any atom is 0.261 e. The molecular formula is C19H16FN5OS. The van der Waals surface area contributed by atoms with E-state index in [-0.39, 0.29) is 23.7 Å². The van der Waals surface area contributed by atoms with Gasteiger partial charge in [-0.2, -0.15) is 4.98 Å². The number of carbonyl (C=O) groups excluding carboxylic acids is 1. The van der Waals surface area contributed by atoms with Gasteiger partial charge in [0.25, 0.3) is 5.91 Å². The van der Waals surface area contributed by atoms with Crippen molar-refractivity contribution < 1.29 is 9.18 Å². The van der Waals surface area contributed by atoms with E-state index in [1.807, 2.05) is 36.7 Å². The number of pyridine rings is 1. The molecule has 4 rings (SSSR count). The number of benzene rings is 1. The third-order valence-corrected chi connectivity index (χ3v) is 5.15. The third-order valence-electron chi connectivity index (χ3n) is 4.22. The number of fused-ring (bicyclic) bond motifs is 1. The van der Waals surface area contributed by atoms with Gasteiger partial charge in [0.05, 0.1) is 10.9 Å². The molecule has 136 valence electrons. The van der Waals surface area contributed by atoms with E-state index in [1.165, 1.54) is 23.5 Å². The number of carbonyl (C=O) groups is 1. The van der Waals surface area contributed by atoms with Gasteiger partial charge in [0, 0.05) is 11.8 Å². The van der Waals surface area contributed by atoms with E-state index in [1.54, 1.807) is 16.6 Å². The highest BCUT2D eigenvalue weighted by Crippen LogP contribution is 2.26. The topological polar surface area (TPSA) is 85.3 Å². The van der Waals surface area contributed by atoms with Crippen molar-refractivity contribution in [3.63, 3.8) is 0 Å². The number of nitrogen functional groups attached to an aromatic ring is 1. The predicted molar refractivity (Wildman–Crippen MR) is 103 cm³/mol. The van der Waals surface area contributed by atoms with Crippen LogP contribution in [0.2, 0.25) is 0 Å². The summed E-state index contributed by atoms with van der Waals surface area (Å²) in [5.41, 5.74) is 8.94. The number of aromatic nitrogens is 3. The molecular weight excluding hydrogens is 365 g/mol. The monoisotopic (exact) mass is 381 g/mol. The molecule has 0 aliphatic rings. The molecule has 0 aliphatic heterocycles. The zero-order valence-corrected chi connectivity index (χ0v) is 15.2. The minimum Gasteiger partial charge on any atom is -0.366 e. The fourth-order valence-corrected chi connectivity index (χ4v) is 3.60. The van der Waals surface area contributed by atoms with Crippen molar-refractivity contribution in [1.82, 2.24) is 19.9 Å². The van der Waals surface area contributed by atoms with Crippen molar-refractivity contribution in [3.05, 3.63) is 70.3 Å². The van der Waals surface area contributed by atoms with Crippen LogP contribution >= 0.6 is 11.3 Å². The van der Waals surface area contributed by atoms with Crippen LogP contribution in [-0.4, -0.2) is 20.5 Å². The van der Waals surface area contributed by atoms with Gasteiger partial charge in [0.1, 0.15) is 5.82 Å². The van der Waals surface area contributed by atoms with E-state index < -0.39 is 0 Å². The van der Waals surface area contributed by atoms with Gasteiger partial charge < -0.3 is 11.1 Å². The first-order valence-electron chi connectivity index (χ1n) is 8.27. The van der Waals surface area contributed by atoms with E-state index in [2.05, 4.69) is 15.4 Å². The van der Waals surface area contributed by atoms with Gasteiger partial charge in [-0.1, -0.05) is 12.1 Å². The first kappa shape index (κ1) is 17.2. The molecule has 8 heteroatoms. The minimum atomic E-state index is -0.300. The number of hydrogen-bond acceptors (Lipinski definition) is 5. The fraction of sp³-hybridized carbons (Fsp3) is 0.105. The normalized spacial score (nSPS) is 12.2. The largest absolute Gasteiger partial charge is 0.366 e. The Morgan fingerprint density at radius 1 is 1.22 bits per heavy atom. The standard InChI is InChI=1S/C19H16FN5OS/c1-11(12-2-5-15(20)6-3-12)22-18(26)16-8-14(10-27-16)13-4-7-17-23-19(21)24-25(17)9-13/h2-11H,1H3,(H2,21,24)(H,22,26). The van der Waals surface area contributed by atoms with Crippen LogP contribution in [0.3, 0.4) is 0 Å². The lowest BCUT2D eigenvalue weighted by molar-refractivity contribution is 0.0944. The molecule has 27 heavy (non-hydrogen) atoms. The van der Waals surface area contributed by atoms with E-state index >= 15 is 0 Å². The van der Waals surface area contributed by atoms with Crippen LogP contribution in [0.1, 0.15) is 28.2 Å². The van der Waals surface area contributed by atoms with Crippen molar-refractivity contribution in [3.8, 4) is 11.1 Å². The van der Waals surface area contributed by atoms with E-state index in [0.717, 1.165) is 16.7 Å². The number of amides is 1. The number of thiophene rings is 1. The molecule has 0 radical (unpaired) electrons. The molecule has 6 nitrogen and oxygen atoms in total. The van der Waals surface area contributed by atoms with Gasteiger partial charge in [0.2, 0.25) is 5.95 Å². The second-order valence-electron chi connectivity index (χ2n) is 6.14. The Kier molecular flexibility index (Phi) is 4.33. The average Bonchev–Trinajstić information content (AvgIpc) is 3.27. The predicted octanol–water partition coefficient (Wildman–Crippen LogP) is 3.67. The molecule has 3 aromatic heterocycles. The Labute approximate surface area is 158 Å². The number of rotatable bonds is 4. The lowest BCUT2D eigenvalue weighted by Gasteiger charge is -2.13. The summed E-state index contributed by atoms with van der Waals surface area (Å²) in [4.78, 5) is 17.2. The number of nitrogens with one attached hydrogen (secondary N) is 1. The Bertz CT molecular complexity index is 1120. The molecule has 0 saturated carbocycles. The molecule has 1 unspecified atom stereocenters. The maximum atomic E-state index is 13.0. The van der Waals surface area contributed by atoms with E-state index in [4.69, 9.17) is 5.73 Å². The summed E-state index contributed by atoms with van der Waals surface area (Å²) >= 11 is 1.36. The highest BCUT2D eigenvalue weighted by atomic mass is 32.1. The molecule has 1 atom stereocenters. The van der Waals surface area contributed by atoms with Crippen LogP contribution in [0.25, 0.3) is 16.8 Å². The van der Waals surface area contributed by atoms with Crippen molar-refractivity contribution in [2.24, 2.45) is 0 Å². The quantitative estimate of drug-likeness (QED) is 0.565. The van der Waals surface area contributed by atoms with Crippen molar-refractivity contribution in [2.75, 3.05) is 5.73 Å². The van der Waals surface area contributed by atoms with Crippen LogP contribution in [0.5, 0.6) is 0 Å². The highest BCUT2D eigenvalue weighted by Gasteiger charge is 2.14. The van der Waals surface area contributed by atoms with Crippen LogP contribution in [-0.2, 0) is 0 Å². The molecule has 4 aromatic rings. The molecule has 1 aromatic carbocycles. The lowest BCUT2D eigenvalue weighted by Crippen LogP contribution is -2.25. The van der Waals surface area contributed by atoms with E-state index in [9.17, 15) is 9.18 Å². The van der Waals surface area contributed by atoms with Crippen molar-refractivity contribution >= 4 is 28.8 Å². The molecule has 0 saturated heterocycles. The van der Waals surface area contributed by atoms with E-state index in [0.29, 0.717) is 10.5 Å². The van der Waals surface area contributed by atoms with Crippen molar-refractivity contribution in [1.29, 1.82) is 0 Å². The van der Waals surface area contributed by atoms with Gasteiger partial charge >= 0.3 is 0 Å². The Hall–Kier alpha value is -3.26. The number of hydrogen-bond donors (Lipinski definition) is 2. The molecule has 0 bridgehead atoms. The summed E-state index contributed by atoms with van der Waals surface area (Å²) < 4.78 is 14.6. The molecule has 0 aliphatic carbocycles. The second-order valence-corrected chi connectivity index (χ2v) is 7.05. The Morgan fingerprint density at radius 2 is 2.00 bits per heavy atom. The van der Waals surface area contributed by atoms with Gasteiger partial charge in [-0.3, -0.25) is 4.79 Å². The molecule has 0 spiro atoms. The van der Waals surface area contributed by atoms with Crippen LogP contribution in [0.4, 0.5) is 10.3 Å². The van der Waals surface area contributed by atoms with Gasteiger partial charge in [-0.15, -0.1) is 16.4 Å². The fourth-order valence-electron chi connectivity index (χ4n) is 2.78. The molecule has 1 amide bonds. The Balaban J connectivity index is 1.52. The number of halogens is 1. The zero-order valence-electron chi connectivity index (χ0n) is 14.4. The van der Waals surface area contributed by atoms with Crippen LogP contribution in [0, 0.1) is 5.82 Å². The third kappa shape index (κ3) is 3.52. The summed E-state index contributed by atoms with van der Waals surface area (Å²) in [7, 11) is 0. The number of anilines is 1. The second kappa shape index (κ2) is 6.81. The smallest absolute Gasteiger partial charge is 0.261 e. The van der Waals surface area contributed by atoms with Gasteiger partial charge in [-0.25, -0.2) is 8.91 Å². The van der Waals surface area contributed by atoms with Crippen molar-refractivity contribution in [2.45, 2.75) is 13.0 Å². The number of nitrogens with zero attached hydrogens (tertiary/aromatic N) is 3. The van der Waals surface area contributed by atoms with Crippen LogP contribution < -0.4 is 11.1 Å². The Morgan fingerprint density at radius 3 is 2.78 bits per heavy atom. The van der Waals surface area contributed by atoms with Crippen LogP contribution in [0.15, 0.2) is 54.0 Å². The lowest BCUT2D eigenvalue weighted by atomic mass is 10.1. The first-order chi connectivity index (χ1) is 13.0. The zero-order chi connectivity index (χ0) is 19.0. The average molecular weight is 381 g/mol. The van der Waals surface area contributed by atoms with Gasteiger partial charge in [-0.05, 0) is 53.8 Å². The summed E-state index contributed by atoms with van der Waals surface area (Å²) in [5.74, 6) is -0.257. The van der Waals surface area contributed by atoms with Gasteiger partial charge in [0.15, 0.2) is 5.65 Å². The summed E-state index contributed by atoms with van der Waals surface area (Å²) in [6.45, 7) is 1.86. The summed E-state index contributed by atoms with van der Waals surface area (Å²) in [6.07, 6.45) is 1.82. The maximum absolute atomic E-state index is 13.0. The molecule has 0 fully saturated rings. The highest BCUT2D eigenvalue weighted by molar-refractivity contribution is 7.12. The molecule has 3 N–H and O–H groups in total.